The van der Waals surface area contributed by atoms with Crippen molar-refractivity contribution in [3.63, 3.8) is 0 Å². The van der Waals surface area contributed by atoms with Gasteiger partial charge in [0.25, 0.3) is 5.91 Å². The second-order valence-electron chi connectivity index (χ2n) is 10.6. The molecule has 232 valence electrons. The van der Waals surface area contributed by atoms with Crippen molar-refractivity contribution in [2.45, 2.75) is 32.7 Å². The first-order chi connectivity index (χ1) is 21.8. The monoisotopic (exact) mass is 608 g/mol. The molecule has 1 fully saturated rings. The topological polar surface area (TPSA) is 113 Å². The third-order valence-corrected chi connectivity index (χ3v) is 7.63. The zero-order valence-corrected chi connectivity index (χ0v) is 25.8. The molecule has 45 heavy (non-hydrogen) atoms. The van der Waals surface area contributed by atoms with E-state index < -0.39 is 5.91 Å². The number of carbonyl (C=O) groups is 1. The number of aliphatic imine (C=N–C) groups is 1. The third kappa shape index (κ3) is 7.13. The van der Waals surface area contributed by atoms with Crippen LogP contribution in [0.2, 0.25) is 0 Å². The first-order valence-corrected chi connectivity index (χ1v) is 14.6. The van der Waals surface area contributed by atoms with Gasteiger partial charge in [0.05, 0.1) is 19.7 Å². The lowest BCUT2D eigenvalue weighted by Gasteiger charge is -2.26. The standard InChI is InChI=1S/C35H36N4O6/c1-22-6-9-24(10-7-22)27-20-39(25-13-16-44-17-14-25)21-28(34(27)40)35(41)38-33(36-3)11-8-23(2)45-30-12-15-37-29-19-32(43-5)31(42-4)18-26(29)30/h6-12,15,18-21,25H,3,13-14,16-17H2,1-2,4-5H3,(H,38,41)/b23-8+,33-11+. The van der Waals surface area contributed by atoms with Crippen LogP contribution in [0.1, 0.15) is 41.7 Å². The van der Waals surface area contributed by atoms with Gasteiger partial charge in [-0.05, 0) is 63.3 Å². The molecular formula is C35H36N4O6. The van der Waals surface area contributed by atoms with E-state index in [0.29, 0.717) is 47.3 Å². The van der Waals surface area contributed by atoms with Crippen LogP contribution in [0.15, 0.2) is 94.6 Å². The zero-order valence-electron chi connectivity index (χ0n) is 25.8. The lowest BCUT2D eigenvalue weighted by Crippen LogP contribution is -2.30. The molecule has 0 atom stereocenters. The molecule has 5 rings (SSSR count). The van der Waals surface area contributed by atoms with Gasteiger partial charge in [-0.15, -0.1) is 0 Å². The molecule has 0 unspecified atom stereocenters. The summed E-state index contributed by atoms with van der Waals surface area (Å²) in [5.74, 6) is 1.75. The molecular weight excluding hydrogens is 572 g/mol. The quantitative estimate of drug-likeness (QED) is 0.134. The van der Waals surface area contributed by atoms with Crippen LogP contribution in [-0.4, -0.2) is 49.6 Å². The molecule has 1 saturated heterocycles. The fraction of sp³-hybridized carbons (Fsp3) is 0.257. The first-order valence-electron chi connectivity index (χ1n) is 14.6. The number of fused-ring (bicyclic) bond motifs is 1. The summed E-state index contributed by atoms with van der Waals surface area (Å²) in [5, 5.41) is 3.47. The molecule has 10 heteroatoms. The molecule has 0 aliphatic carbocycles. The number of carbonyl (C=O) groups excluding carboxylic acids is 1. The van der Waals surface area contributed by atoms with E-state index in [-0.39, 0.29) is 22.9 Å². The highest BCUT2D eigenvalue weighted by Gasteiger charge is 2.21. The molecule has 3 heterocycles. The minimum absolute atomic E-state index is 0.0127. The van der Waals surface area contributed by atoms with E-state index in [1.165, 1.54) is 0 Å². The number of methoxy groups -OCH3 is 2. The molecule has 1 N–H and O–H groups in total. The van der Waals surface area contributed by atoms with Gasteiger partial charge >= 0.3 is 0 Å². The lowest BCUT2D eigenvalue weighted by molar-refractivity contribution is 0.0693. The largest absolute Gasteiger partial charge is 0.493 e. The molecule has 1 aliphatic rings. The number of nitrogens with one attached hydrogen (secondary N) is 1. The van der Waals surface area contributed by atoms with Gasteiger partial charge in [-0.3, -0.25) is 14.6 Å². The smallest absolute Gasteiger partial charge is 0.262 e. The van der Waals surface area contributed by atoms with E-state index in [9.17, 15) is 9.59 Å². The predicted molar refractivity (Wildman–Crippen MR) is 174 cm³/mol. The molecule has 0 spiro atoms. The molecule has 1 amide bonds. The van der Waals surface area contributed by atoms with Crippen molar-refractivity contribution in [1.82, 2.24) is 14.9 Å². The summed E-state index contributed by atoms with van der Waals surface area (Å²) in [6.45, 7) is 8.59. The van der Waals surface area contributed by atoms with Gasteiger partial charge in [-0.1, -0.05) is 29.8 Å². The maximum atomic E-state index is 13.6. The van der Waals surface area contributed by atoms with Crippen LogP contribution >= 0.6 is 0 Å². The molecule has 0 bridgehead atoms. The Hall–Kier alpha value is -5.22. The minimum Gasteiger partial charge on any atom is -0.493 e. The highest BCUT2D eigenvalue weighted by Crippen LogP contribution is 2.35. The predicted octanol–water partition coefficient (Wildman–Crippen LogP) is 6.00. The lowest BCUT2D eigenvalue weighted by atomic mass is 10.0. The number of pyridine rings is 2. The Morgan fingerprint density at radius 1 is 1.04 bits per heavy atom. The van der Waals surface area contributed by atoms with Crippen molar-refractivity contribution in [3.8, 4) is 28.4 Å². The molecule has 2 aromatic heterocycles. The van der Waals surface area contributed by atoms with E-state index in [1.54, 1.807) is 63.9 Å². The Morgan fingerprint density at radius 2 is 1.76 bits per heavy atom. The fourth-order valence-corrected chi connectivity index (χ4v) is 5.15. The Bertz CT molecular complexity index is 1840. The second kappa shape index (κ2) is 14.0. The van der Waals surface area contributed by atoms with E-state index in [1.807, 2.05) is 42.0 Å². The van der Waals surface area contributed by atoms with Crippen LogP contribution in [0, 0.1) is 6.92 Å². The number of allylic oxidation sites excluding steroid dienone is 3. The van der Waals surface area contributed by atoms with Gasteiger partial charge in [0.15, 0.2) is 11.5 Å². The van der Waals surface area contributed by atoms with E-state index >= 15 is 0 Å². The third-order valence-electron chi connectivity index (χ3n) is 7.63. The highest BCUT2D eigenvalue weighted by molar-refractivity contribution is 5.96. The average Bonchev–Trinajstić information content (AvgIpc) is 3.07. The fourth-order valence-electron chi connectivity index (χ4n) is 5.15. The van der Waals surface area contributed by atoms with Crippen LogP contribution in [0.5, 0.6) is 17.2 Å². The Morgan fingerprint density at radius 3 is 2.44 bits per heavy atom. The summed E-state index contributed by atoms with van der Waals surface area (Å²) in [5.41, 5.74) is 2.60. The molecule has 0 saturated carbocycles. The van der Waals surface area contributed by atoms with Crippen molar-refractivity contribution in [2.24, 2.45) is 4.99 Å². The molecule has 10 nitrogen and oxygen atoms in total. The van der Waals surface area contributed by atoms with Crippen molar-refractivity contribution in [3.05, 3.63) is 106 Å². The van der Waals surface area contributed by atoms with Crippen LogP contribution in [0.3, 0.4) is 0 Å². The van der Waals surface area contributed by atoms with Crippen molar-refractivity contribution < 1.29 is 23.7 Å². The maximum absolute atomic E-state index is 13.6. The van der Waals surface area contributed by atoms with Crippen molar-refractivity contribution in [2.75, 3.05) is 27.4 Å². The number of amides is 1. The highest BCUT2D eigenvalue weighted by atomic mass is 16.5. The normalized spacial score (nSPS) is 14.2. The summed E-state index contributed by atoms with van der Waals surface area (Å²) in [7, 11) is 3.13. The molecule has 2 aromatic carbocycles. The number of ether oxygens (including phenoxy) is 4. The van der Waals surface area contributed by atoms with E-state index in [2.05, 4.69) is 22.0 Å². The van der Waals surface area contributed by atoms with Gasteiger partial charge in [0.2, 0.25) is 5.43 Å². The van der Waals surface area contributed by atoms with Crippen molar-refractivity contribution >= 4 is 23.5 Å². The number of hydrogen-bond donors (Lipinski definition) is 1. The Balaban J connectivity index is 1.41. The van der Waals surface area contributed by atoms with Crippen LogP contribution in [0.4, 0.5) is 0 Å². The first kappa shape index (κ1) is 31.2. The molecule has 4 aromatic rings. The van der Waals surface area contributed by atoms with Crippen LogP contribution in [0.25, 0.3) is 22.0 Å². The zero-order chi connectivity index (χ0) is 31.9. The van der Waals surface area contributed by atoms with E-state index in [0.717, 1.165) is 29.4 Å². The summed E-state index contributed by atoms with van der Waals surface area (Å²) in [4.78, 5) is 35.6. The minimum atomic E-state index is -0.582. The summed E-state index contributed by atoms with van der Waals surface area (Å²) in [6.07, 6.45) is 9.88. The number of aromatic nitrogens is 2. The number of benzene rings is 2. The Labute approximate surface area is 261 Å². The van der Waals surface area contributed by atoms with Gasteiger partial charge in [-0.2, -0.15) is 0 Å². The van der Waals surface area contributed by atoms with Gasteiger partial charge in [-0.25, -0.2) is 4.99 Å². The summed E-state index contributed by atoms with van der Waals surface area (Å²) < 4.78 is 24.4. The molecule has 0 radical (unpaired) electrons. The van der Waals surface area contributed by atoms with Gasteiger partial charge in [0.1, 0.15) is 22.9 Å². The number of nitrogens with zero attached hydrogens (tertiary/aromatic N) is 3. The maximum Gasteiger partial charge on any atom is 0.262 e. The van der Waals surface area contributed by atoms with Gasteiger partial charge in [0, 0.05) is 54.9 Å². The average molecular weight is 609 g/mol. The van der Waals surface area contributed by atoms with Crippen LogP contribution < -0.4 is 25.0 Å². The number of aryl methyl sites for hydroxylation is 1. The van der Waals surface area contributed by atoms with Gasteiger partial charge < -0.3 is 28.8 Å². The number of rotatable bonds is 10. The summed E-state index contributed by atoms with van der Waals surface area (Å²) >= 11 is 0. The van der Waals surface area contributed by atoms with E-state index in [4.69, 9.17) is 18.9 Å². The molecule has 1 aliphatic heterocycles. The second-order valence-corrected chi connectivity index (χ2v) is 10.6. The summed E-state index contributed by atoms with van der Waals surface area (Å²) in [6, 6.07) is 13.1. The Kier molecular flexibility index (Phi) is 9.74. The van der Waals surface area contributed by atoms with Crippen molar-refractivity contribution in [1.29, 1.82) is 0 Å². The van der Waals surface area contributed by atoms with Crippen LogP contribution in [-0.2, 0) is 4.74 Å². The number of hydrogen-bond acceptors (Lipinski definition) is 8. The SMILES string of the molecule is C=N/C(=C\C=C(/C)Oc1ccnc2cc(OC)c(OC)cc12)NC(=O)c1cn(C2CCOCC2)cc(-c2ccc(C)cc2)c1=O.